The van der Waals surface area contributed by atoms with E-state index in [-0.39, 0.29) is 30.2 Å². The molecule has 26 heavy (non-hydrogen) atoms. The number of piperidine rings is 1. The van der Waals surface area contributed by atoms with E-state index in [9.17, 15) is 14.0 Å². The number of likely N-dealkylation sites (tertiary alicyclic amines) is 1. The van der Waals surface area contributed by atoms with Crippen LogP contribution < -0.4 is 0 Å². The van der Waals surface area contributed by atoms with Gasteiger partial charge in [0.05, 0.1) is 5.92 Å². The van der Waals surface area contributed by atoms with Crippen LogP contribution in [0.4, 0.5) is 4.39 Å². The summed E-state index contributed by atoms with van der Waals surface area (Å²) in [5.41, 5.74) is 1.38. The Hall–Kier alpha value is -2.21. The van der Waals surface area contributed by atoms with Crippen molar-refractivity contribution < 1.29 is 18.7 Å². The minimum absolute atomic E-state index is 0.134. The first-order valence-corrected chi connectivity index (χ1v) is 9.29. The predicted octanol–water partition coefficient (Wildman–Crippen LogP) is 4.18. The normalized spacial score (nSPS) is 14.9. The maximum Gasteiger partial charge on any atom is 0.309 e. The number of carbonyl (C=O) groups excluding carboxylic acids is 2. The van der Waals surface area contributed by atoms with Gasteiger partial charge in [-0.15, -0.1) is 0 Å². The fourth-order valence-corrected chi connectivity index (χ4v) is 3.37. The second-order valence-electron chi connectivity index (χ2n) is 6.27. The molecule has 1 aliphatic rings. The fourth-order valence-electron chi connectivity index (χ4n) is 2.98. The molecule has 0 bridgehead atoms. The van der Waals surface area contributed by atoms with E-state index < -0.39 is 0 Å². The lowest BCUT2D eigenvalue weighted by Gasteiger charge is -2.31. The van der Waals surface area contributed by atoms with Crippen LogP contribution >= 0.6 is 15.9 Å². The largest absolute Gasteiger partial charge is 0.461 e. The summed E-state index contributed by atoms with van der Waals surface area (Å²) < 4.78 is 19.3. The molecule has 2 aromatic rings. The van der Waals surface area contributed by atoms with E-state index in [2.05, 4.69) is 15.9 Å². The molecule has 0 radical (unpaired) electrons. The van der Waals surface area contributed by atoms with Crippen LogP contribution in [0.15, 0.2) is 53.0 Å². The number of hydrogen-bond acceptors (Lipinski definition) is 3. The van der Waals surface area contributed by atoms with E-state index in [1.807, 2.05) is 24.3 Å². The Morgan fingerprint density at radius 1 is 1.08 bits per heavy atom. The van der Waals surface area contributed by atoms with Gasteiger partial charge in [-0.3, -0.25) is 9.59 Å². The fraction of sp³-hybridized carbons (Fsp3) is 0.300. The van der Waals surface area contributed by atoms with Gasteiger partial charge in [0.15, 0.2) is 0 Å². The highest BCUT2D eigenvalue weighted by Crippen LogP contribution is 2.22. The van der Waals surface area contributed by atoms with Crippen LogP contribution in [0.1, 0.15) is 28.8 Å². The lowest BCUT2D eigenvalue weighted by Crippen LogP contribution is -2.40. The van der Waals surface area contributed by atoms with Crippen LogP contribution in [0.5, 0.6) is 0 Å². The van der Waals surface area contributed by atoms with Gasteiger partial charge in [-0.2, -0.15) is 0 Å². The zero-order valence-electron chi connectivity index (χ0n) is 14.2. The highest BCUT2D eigenvalue weighted by Gasteiger charge is 2.28. The Kier molecular flexibility index (Phi) is 6.04. The summed E-state index contributed by atoms with van der Waals surface area (Å²) in [5, 5.41) is 0. The van der Waals surface area contributed by atoms with Crippen molar-refractivity contribution in [3.8, 4) is 0 Å². The van der Waals surface area contributed by atoms with E-state index in [1.54, 1.807) is 4.90 Å². The van der Waals surface area contributed by atoms with Gasteiger partial charge in [-0.1, -0.05) is 34.1 Å². The van der Waals surface area contributed by atoms with Gasteiger partial charge in [-0.25, -0.2) is 4.39 Å². The average Bonchev–Trinajstić information content (AvgIpc) is 2.67. The van der Waals surface area contributed by atoms with Crippen molar-refractivity contribution in [2.24, 2.45) is 5.92 Å². The van der Waals surface area contributed by atoms with Gasteiger partial charge < -0.3 is 9.64 Å². The maximum absolute atomic E-state index is 13.0. The van der Waals surface area contributed by atoms with Gasteiger partial charge in [0.1, 0.15) is 12.4 Å². The van der Waals surface area contributed by atoms with Crippen LogP contribution in [0.2, 0.25) is 0 Å². The van der Waals surface area contributed by atoms with Gasteiger partial charge in [0, 0.05) is 28.7 Å². The zero-order valence-corrected chi connectivity index (χ0v) is 15.7. The van der Waals surface area contributed by atoms with Crippen LogP contribution in [0.3, 0.4) is 0 Å². The summed E-state index contributed by atoms with van der Waals surface area (Å²) in [5.74, 6) is -0.928. The summed E-state index contributed by atoms with van der Waals surface area (Å²) in [6, 6.07) is 13.1. The molecule has 0 aromatic heterocycles. The first-order chi connectivity index (χ1) is 12.5. The Bertz CT molecular complexity index is 786. The molecule has 0 N–H and O–H groups in total. The summed E-state index contributed by atoms with van der Waals surface area (Å²) in [4.78, 5) is 26.4. The third-order valence-corrected chi connectivity index (χ3v) is 5.31. The van der Waals surface area contributed by atoms with Gasteiger partial charge in [-0.05, 0) is 43.2 Å². The Balaban J connectivity index is 1.50. The number of rotatable bonds is 4. The number of esters is 1. The Morgan fingerprint density at radius 2 is 1.73 bits per heavy atom. The number of benzene rings is 2. The van der Waals surface area contributed by atoms with E-state index in [0.29, 0.717) is 31.5 Å². The third-order valence-electron chi connectivity index (χ3n) is 4.53. The van der Waals surface area contributed by atoms with Crippen LogP contribution in [-0.4, -0.2) is 29.9 Å². The predicted molar refractivity (Wildman–Crippen MR) is 99.0 cm³/mol. The highest BCUT2D eigenvalue weighted by atomic mass is 79.9. The molecule has 1 aliphatic heterocycles. The lowest BCUT2D eigenvalue weighted by molar-refractivity contribution is -0.151. The lowest BCUT2D eigenvalue weighted by atomic mass is 9.96. The summed E-state index contributed by atoms with van der Waals surface area (Å²) in [7, 11) is 0. The topological polar surface area (TPSA) is 46.6 Å². The van der Waals surface area contributed by atoms with Crippen LogP contribution in [0.25, 0.3) is 0 Å². The van der Waals surface area contributed by atoms with Gasteiger partial charge >= 0.3 is 5.97 Å². The van der Waals surface area contributed by atoms with Crippen molar-refractivity contribution in [1.82, 2.24) is 4.90 Å². The number of nitrogens with zero attached hydrogens (tertiary/aromatic N) is 1. The highest BCUT2D eigenvalue weighted by molar-refractivity contribution is 9.10. The van der Waals surface area contributed by atoms with Crippen molar-refractivity contribution in [2.75, 3.05) is 13.1 Å². The maximum atomic E-state index is 13.0. The Morgan fingerprint density at radius 3 is 2.38 bits per heavy atom. The standard InChI is InChI=1S/C20H19BrFNO3/c21-18-4-2-1-3-16(18)13-26-20(25)15-9-11-23(12-10-15)19(24)14-5-7-17(22)8-6-14/h1-8,15H,9-13H2. The molecular formula is C20H19BrFNO3. The number of halogens is 2. The molecule has 1 saturated heterocycles. The average molecular weight is 420 g/mol. The van der Waals surface area contributed by atoms with E-state index in [0.717, 1.165) is 10.0 Å². The number of hydrogen-bond donors (Lipinski definition) is 0. The van der Waals surface area contributed by atoms with Crippen LogP contribution in [0, 0.1) is 11.7 Å². The first kappa shape index (κ1) is 18.6. The van der Waals surface area contributed by atoms with Crippen LogP contribution in [-0.2, 0) is 16.1 Å². The summed E-state index contributed by atoms with van der Waals surface area (Å²) in [6.07, 6.45) is 1.14. The van der Waals surface area contributed by atoms with E-state index in [4.69, 9.17) is 4.74 Å². The van der Waals surface area contributed by atoms with Crippen molar-refractivity contribution in [3.05, 3.63) is 69.9 Å². The van der Waals surface area contributed by atoms with Crippen molar-refractivity contribution >= 4 is 27.8 Å². The van der Waals surface area contributed by atoms with Gasteiger partial charge in [0.2, 0.25) is 0 Å². The molecule has 1 heterocycles. The molecule has 0 saturated carbocycles. The molecule has 4 nitrogen and oxygen atoms in total. The molecule has 1 amide bonds. The minimum Gasteiger partial charge on any atom is -0.461 e. The molecule has 0 unspecified atom stereocenters. The summed E-state index contributed by atoms with van der Waals surface area (Å²) >= 11 is 3.43. The van der Waals surface area contributed by atoms with E-state index in [1.165, 1.54) is 24.3 Å². The minimum atomic E-state index is -0.368. The van der Waals surface area contributed by atoms with Crippen molar-refractivity contribution in [1.29, 1.82) is 0 Å². The summed E-state index contributed by atoms with van der Waals surface area (Å²) in [6.45, 7) is 1.21. The molecule has 0 spiro atoms. The van der Waals surface area contributed by atoms with Crippen molar-refractivity contribution in [3.63, 3.8) is 0 Å². The first-order valence-electron chi connectivity index (χ1n) is 8.49. The molecule has 136 valence electrons. The molecule has 6 heteroatoms. The molecular weight excluding hydrogens is 401 g/mol. The SMILES string of the molecule is O=C(OCc1ccccc1Br)C1CCN(C(=O)c2ccc(F)cc2)CC1. The quantitative estimate of drug-likeness (QED) is 0.698. The smallest absolute Gasteiger partial charge is 0.309 e. The second kappa shape index (κ2) is 8.45. The monoisotopic (exact) mass is 419 g/mol. The zero-order chi connectivity index (χ0) is 18.5. The molecule has 0 atom stereocenters. The molecule has 1 fully saturated rings. The number of amides is 1. The molecule has 2 aromatic carbocycles. The number of carbonyl (C=O) groups is 2. The van der Waals surface area contributed by atoms with Gasteiger partial charge in [0.25, 0.3) is 5.91 Å². The second-order valence-corrected chi connectivity index (χ2v) is 7.13. The molecule has 0 aliphatic carbocycles. The number of ether oxygens (including phenoxy) is 1. The Labute approximate surface area is 160 Å². The van der Waals surface area contributed by atoms with Crippen molar-refractivity contribution in [2.45, 2.75) is 19.4 Å². The van der Waals surface area contributed by atoms with E-state index >= 15 is 0 Å². The molecule has 3 rings (SSSR count). The third kappa shape index (κ3) is 4.49.